The van der Waals surface area contributed by atoms with E-state index < -0.39 is 0 Å². The average Bonchev–Trinajstić information content (AvgIpc) is 2.22. The molecule has 0 bridgehead atoms. The molecule has 0 aliphatic carbocycles. The van der Waals surface area contributed by atoms with Crippen molar-refractivity contribution in [1.29, 1.82) is 5.26 Å². The largest absolute Gasteiger partial charge is 0.504 e. The molecule has 1 aromatic carbocycles. The lowest BCUT2D eigenvalue weighted by Crippen LogP contribution is -1.81. The first-order valence-electron chi connectivity index (χ1n) is 3.88. The van der Waals surface area contributed by atoms with Crippen molar-refractivity contribution in [3.05, 3.63) is 26.8 Å². The fourth-order valence-electron chi connectivity index (χ4n) is 0.961. The molecule has 2 N–H and O–H groups in total. The van der Waals surface area contributed by atoms with Crippen LogP contribution in [0, 0.1) is 27.2 Å². The minimum absolute atomic E-state index is 0.163. The van der Waals surface area contributed by atoms with Gasteiger partial charge in [0.1, 0.15) is 11.6 Å². The first-order chi connectivity index (χ1) is 7.08. The number of nitriles is 1. The SMILES string of the molecule is C#C/C(C#N)=C/c1cc(O)c(O)c(I)c1. The summed E-state index contributed by atoms with van der Waals surface area (Å²) in [5, 5.41) is 27.2. The number of halogens is 1. The zero-order chi connectivity index (χ0) is 11.4. The van der Waals surface area contributed by atoms with E-state index in [1.54, 1.807) is 6.07 Å². The number of terminal acetylenes is 1. The third-order valence-electron chi connectivity index (χ3n) is 1.65. The van der Waals surface area contributed by atoms with E-state index in [2.05, 4.69) is 5.92 Å². The van der Waals surface area contributed by atoms with Gasteiger partial charge in [0.25, 0.3) is 0 Å². The fraction of sp³-hybridized carbons (Fsp3) is 0. The number of benzene rings is 1. The molecule has 0 spiro atoms. The van der Waals surface area contributed by atoms with E-state index in [1.807, 2.05) is 28.7 Å². The molecule has 4 heteroatoms. The molecule has 0 heterocycles. The summed E-state index contributed by atoms with van der Waals surface area (Å²) in [5.74, 6) is 1.80. The van der Waals surface area contributed by atoms with Crippen molar-refractivity contribution in [2.75, 3.05) is 0 Å². The van der Waals surface area contributed by atoms with Crippen LogP contribution < -0.4 is 0 Å². The maximum atomic E-state index is 9.32. The molecule has 0 fully saturated rings. The van der Waals surface area contributed by atoms with Crippen molar-refractivity contribution in [2.24, 2.45) is 0 Å². The van der Waals surface area contributed by atoms with Crippen molar-refractivity contribution in [3.8, 4) is 29.9 Å². The first kappa shape index (κ1) is 11.4. The Morgan fingerprint density at radius 2 is 2.13 bits per heavy atom. The monoisotopic (exact) mass is 311 g/mol. The summed E-state index contributed by atoms with van der Waals surface area (Å²) in [6, 6.07) is 4.79. The smallest absolute Gasteiger partial charge is 0.171 e. The Labute approximate surface area is 101 Å². The Kier molecular flexibility index (Phi) is 3.59. The Hall–Kier alpha value is -1.66. The molecule has 15 heavy (non-hydrogen) atoms. The van der Waals surface area contributed by atoms with Crippen molar-refractivity contribution >= 4 is 28.7 Å². The van der Waals surface area contributed by atoms with Gasteiger partial charge in [0.05, 0.1) is 3.57 Å². The van der Waals surface area contributed by atoms with Crippen LogP contribution in [-0.4, -0.2) is 10.2 Å². The number of phenols is 2. The van der Waals surface area contributed by atoms with Gasteiger partial charge in [-0.25, -0.2) is 0 Å². The van der Waals surface area contributed by atoms with E-state index in [4.69, 9.17) is 11.7 Å². The normalized spacial score (nSPS) is 10.5. The second-order valence-electron chi connectivity index (χ2n) is 2.68. The molecule has 1 aromatic rings. The van der Waals surface area contributed by atoms with Crippen LogP contribution in [0.3, 0.4) is 0 Å². The highest BCUT2D eigenvalue weighted by atomic mass is 127. The summed E-state index contributed by atoms with van der Waals surface area (Å²) < 4.78 is 0.494. The van der Waals surface area contributed by atoms with Crippen molar-refractivity contribution in [3.63, 3.8) is 0 Å². The zero-order valence-electron chi connectivity index (χ0n) is 7.53. The highest BCUT2D eigenvalue weighted by molar-refractivity contribution is 14.1. The third kappa shape index (κ3) is 2.64. The number of aromatic hydroxyl groups is 2. The molecule has 0 atom stereocenters. The molecule has 0 amide bonds. The number of hydrogen-bond acceptors (Lipinski definition) is 3. The number of allylic oxidation sites excluding steroid dienone is 1. The molecule has 0 aromatic heterocycles. The number of rotatable bonds is 1. The molecule has 0 saturated carbocycles. The minimum atomic E-state index is -0.234. The van der Waals surface area contributed by atoms with E-state index in [0.29, 0.717) is 9.13 Å². The van der Waals surface area contributed by atoms with Crippen LogP contribution in [0.15, 0.2) is 17.7 Å². The summed E-state index contributed by atoms with van der Waals surface area (Å²) in [4.78, 5) is 0. The van der Waals surface area contributed by atoms with Gasteiger partial charge < -0.3 is 10.2 Å². The van der Waals surface area contributed by atoms with Crippen LogP contribution in [0.5, 0.6) is 11.5 Å². The standard InChI is InChI=1S/C11H6INO2/c1-2-7(6-13)3-8-4-9(12)11(15)10(14)5-8/h1,3-5,14-15H/b7-3-. The van der Waals surface area contributed by atoms with Gasteiger partial charge in [-0.05, 0) is 46.4 Å². The Morgan fingerprint density at radius 3 is 2.60 bits per heavy atom. The van der Waals surface area contributed by atoms with E-state index in [-0.39, 0.29) is 17.1 Å². The summed E-state index contributed by atoms with van der Waals surface area (Å²) >= 11 is 1.87. The molecule has 0 radical (unpaired) electrons. The van der Waals surface area contributed by atoms with Crippen molar-refractivity contribution in [1.82, 2.24) is 0 Å². The average molecular weight is 311 g/mol. The predicted molar refractivity (Wildman–Crippen MR) is 64.9 cm³/mol. The second kappa shape index (κ2) is 4.72. The lowest BCUT2D eigenvalue weighted by molar-refractivity contribution is 0.401. The zero-order valence-corrected chi connectivity index (χ0v) is 9.69. The molecule has 0 aliphatic rings. The van der Waals surface area contributed by atoms with Crippen LogP contribution in [-0.2, 0) is 0 Å². The van der Waals surface area contributed by atoms with Gasteiger partial charge in [-0.2, -0.15) is 5.26 Å². The van der Waals surface area contributed by atoms with Crippen molar-refractivity contribution < 1.29 is 10.2 Å². The lowest BCUT2D eigenvalue weighted by Gasteiger charge is -2.02. The van der Waals surface area contributed by atoms with Crippen LogP contribution in [0.4, 0.5) is 0 Å². The van der Waals surface area contributed by atoms with Gasteiger partial charge in [-0.3, -0.25) is 0 Å². The number of phenolic OH excluding ortho intramolecular Hbond substituents is 2. The summed E-state index contributed by atoms with van der Waals surface area (Å²) in [7, 11) is 0. The van der Waals surface area contributed by atoms with Gasteiger partial charge in [-0.15, -0.1) is 6.42 Å². The number of hydrogen-bond donors (Lipinski definition) is 2. The minimum Gasteiger partial charge on any atom is -0.504 e. The third-order valence-corrected chi connectivity index (χ3v) is 2.47. The summed E-state index contributed by atoms with van der Waals surface area (Å²) in [5.41, 5.74) is 0.736. The molecule has 3 nitrogen and oxygen atoms in total. The maximum Gasteiger partial charge on any atom is 0.171 e. The van der Waals surface area contributed by atoms with Crippen LogP contribution in [0.1, 0.15) is 5.56 Å². The van der Waals surface area contributed by atoms with E-state index in [9.17, 15) is 10.2 Å². The molecule has 0 aliphatic heterocycles. The fourth-order valence-corrected chi connectivity index (χ4v) is 1.60. The first-order valence-corrected chi connectivity index (χ1v) is 4.96. The van der Waals surface area contributed by atoms with E-state index in [1.165, 1.54) is 12.1 Å². The topological polar surface area (TPSA) is 64.2 Å². The maximum absolute atomic E-state index is 9.32. The molecule has 1 rings (SSSR count). The Morgan fingerprint density at radius 1 is 1.47 bits per heavy atom. The van der Waals surface area contributed by atoms with Crippen LogP contribution >= 0.6 is 22.6 Å². The molecular formula is C11H6INO2. The summed E-state index contributed by atoms with van der Waals surface area (Å²) in [6.07, 6.45) is 6.54. The van der Waals surface area contributed by atoms with Crippen molar-refractivity contribution in [2.45, 2.75) is 0 Å². The van der Waals surface area contributed by atoms with Gasteiger partial charge in [0.15, 0.2) is 11.5 Å². The molecule has 0 saturated heterocycles. The van der Waals surface area contributed by atoms with Gasteiger partial charge in [0.2, 0.25) is 0 Å². The van der Waals surface area contributed by atoms with Gasteiger partial charge in [0, 0.05) is 0 Å². The summed E-state index contributed by atoms with van der Waals surface area (Å²) in [6.45, 7) is 0. The van der Waals surface area contributed by atoms with Crippen LogP contribution in [0.2, 0.25) is 0 Å². The second-order valence-corrected chi connectivity index (χ2v) is 3.85. The highest BCUT2D eigenvalue weighted by Crippen LogP contribution is 2.31. The Balaban J connectivity index is 3.26. The van der Waals surface area contributed by atoms with E-state index >= 15 is 0 Å². The highest BCUT2D eigenvalue weighted by Gasteiger charge is 2.05. The van der Waals surface area contributed by atoms with Crippen LogP contribution in [0.25, 0.3) is 6.08 Å². The van der Waals surface area contributed by atoms with Gasteiger partial charge in [-0.1, -0.05) is 5.92 Å². The molecule has 0 unspecified atom stereocenters. The Bertz CT molecular complexity index is 467. The quantitative estimate of drug-likeness (QED) is 0.362. The predicted octanol–water partition coefficient (Wildman–Crippen LogP) is 2.24. The van der Waals surface area contributed by atoms with E-state index in [0.717, 1.165) is 0 Å². The number of nitrogens with zero attached hydrogens (tertiary/aromatic N) is 1. The molecular weight excluding hydrogens is 305 g/mol. The molecule has 74 valence electrons. The van der Waals surface area contributed by atoms with Gasteiger partial charge >= 0.3 is 0 Å². The lowest BCUT2D eigenvalue weighted by atomic mass is 10.1.